The number of aryl methyl sites for hydroxylation is 2. The Kier molecular flexibility index (Phi) is 13.0. The van der Waals surface area contributed by atoms with Crippen LogP contribution in [-0.2, 0) is 34.1 Å². The maximum atomic E-state index is 12.2. The Morgan fingerprint density at radius 3 is 2.41 bits per heavy atom. The molecule has 0 aliphatic rings. The number of ether oxygens (including phenoxy) is 1. The summed E-state index contributed by atoms with van der Waals surface area (Å²) >= 11 is 3.42. The molecule has 0 aliphatic heterocycles. The molecule has 0 amide bonds. The highest BCUT2D eigenvalue weighted by Gasteiger charge is 2.20. The van der Waals surface area contributed by atoms with Crippen LogP contribution in [0.25, 0.3) is 0 Å². The molecule has 0 aliphatic carbocycles. The highest BCUT2D eigenvalue weighted by Crippen LogP contribution is 2.25. The number of hydrogen-bond donors (Lipinski definition) is 4. The van der Waals surface area contributed by atoms with Gasteiger partial charge in [0.15, 0.2) is 0 Å². The smallest absolute Gasteiger partial charge is 0.238 e. The molecule has 192 valence electrons. The Balaban J connectivity index is 0.00000281. The lowest BCUT2D eigenvalue weighted by molar-refractivity contribution is 0.106. The van der Waals surface area contributed by atoms with E-state index in [1.807, 2.05) is 39.8 Å². The fourth-order valence-corrected chi connectivity index (χ4v) is 4.80. The number of methoxy groups -OCH3 is 1. The van der Waals surface area contributed by atoms with Crippen LogP contribution in [0.2, 0.25) is 0 Å². The van der Waals surface area contributed by atoms with Crippen LogP contribution in [0.3, 0.4) is 0 Å². The zero-order valence-corrected chi connectivity index (χ0v) is 23.3. The van der Waals surface area contributed by atoms with Crippen molar-refractivity contribution >= 4 is 37.7 Å². The van der Waals surface area contributed by atoms with E-state index in [0.717, 1.165) is 17.5 Å². The van der Waals surface area contributed by atoms with Gasteiger partial charge in [-0.25, -0.2) is 18.5 Å². The Morgan fingerprint density at radius 1 is 1.24 bits per heavy atom. The van der Waals surface area contributed by atoms with Gasteiger partial charge in [0.1, 0.15) is 5.82 Å². The first-order chi connectivity index (χ1) is 16.1. The van der Waals surface area contributed by atoms with Gasteiger partial charge in [-0.1, -0.05) is 46.2 Å². The van der Waals surface area contributed by atoms with E-state index in [9.17, 15) is 13.5 Å². The molecule has 5 N–H and O–H groups in total. The summed E-state index contributed by atoms with van der Waals surface area (Å²) < 4.78 is 30.1. The van der Waals surface area contributed by atoms with Gasteiger partial charge in [-0.15, -0.1) is 0 Å². The van der Waals surface area contributed by atoms with E-state index in [2.05, 4.69) is 36.5 Å². The molecule has 11 heteroatoms. The van der Waals surface area contributed by atoms with Crippen LogP contribution in [-0.4, -0.2) is 49.4 Å². The van der Waals surface area contributed by atoms with E-state index in [-0.39, 0.29) is 10.9 Å². The van der Waals surface area contributed by atoms with E-state index < -0.39 is 16.1 Å². The topological polar surface area (TPSA) is 139 Å². The standard InChI is InChI=1S/C21H32BrN5O4S.C2H6/c1-5-7-16-9-14(8-15(6-2)19(16)32(23,29)30)10-24-21-25-11-17(22)20(27-21)26-18(12-31-4)13(3)28;1-2/h8-9,11,13,18,28H,5-7,10,12H2,1-4H3,(H2,23,29,30)(H2,24,25,26,27);1-2H3/t13-,18-;/m1./s1. The average molecular weight is 561 g/mol. The second kappa shape index (κ2) is 14.6. The predicted molar refractivity (Wildman–Crippen MR) is 141 cm³/mol. The number of aromatic nitrogens is 2. The number of primary sulfonamides is 1. The van der Waals surface area contributed by atoms with Gasteiger partial charge < -0.3 is 20.5 Å². The van der Waals surface area contributed by atoms with Crippen LogP contribution in [0.15, 0.2) is 27.7 Å². The zero-order valence-electron chi connectivity index (χ0n) is 20.9. The van der Waals surface area contributed by atoms with Crippen molar-refractivity contribution in [1.29, 1.82) is 0 Å². The number of hydrogen-bond acceptors (Lipinski definition) is 8. The van der Waals surface area contributed by atoms with Crippen LogP contribution in [0.5, 0.6) is 0 Å². The van der Waals surface area contributed by atoms with Gasteiger partial charge in [-0.2, -0.15) is 4.98 Å². The molecule has 0 fully saturated rings. The lowest BCUT2D eigenvalue weighted by atomic mass is 10.0. The Labute approximate surface area is 212 Å². The summed E-state index contributed by atoms with van der Waals surface area (Å²) in [6, 6.07) is 3.38. The summed E-state index contributed by atoms with van der Waals surface area (Å²) in [5, 5.41) is 21.8. The lowest BCUT2D eigenvalue weighted by Gasteiger charge is -2.22. The van der Waals surface area contributed by atoms with Gasteiger partial charge in [0.25, 0.3) is 0 Å². The third-order valence-corrected chi connectivity index (χ3v) is 6.61. The van der Waals surface area contributed by atoms with Crippen LogP contribution >= 0.6 is 15.9 Å². The fourth-order valence-electron chi connectivity index (χ4n) is 3.40. The minimum atomic E-state index is -3.81. The highest BCUT2D eigenvalue weighted by molar-refractivity contribution is 9.10. The Bertz CT molecular complexity index is 1020. The van der Waals surface area contributed by atoms with Crippen molar-refractivity contribution in [3.8, 4) is 0 Å². The predicted octanol–water partition coefficient (Wildman–Crippen LogP) is 3.85. The Hall–Kier alpha value is -1.79. The SMILES string of the molecule is CC.CCCc1cc(CNc2ncc(Br)c(N[C@H](COC)[C@@H](C)O)n2)cc(CC)c1S(N)(=O)=O. The molecule has 2 atom stereocenters. The molecule has 2 aromatic rings. The van der Waals surface area contributed by atoms with Crippen LogP contribution in [0.4, 0.5) is 11.8 Å². The van der Waals surface area contributed by atoms with Crippen molar-refractivity contribution in [2.75, 3.05) is 24.4 Å². The average Bonchev–Trinajstić information content (AvgIpc) is 2.79. The monoisotopic (exact) mass is 559 g/mol. The summed E-state index contributed by atoms with van der Waals surface area (Å²) in [7, 11) is -2.24. The molecule has 0 radical (unpaired) electrons. The summed E-state index contributed by atoms with van der Waals surface area (Å²) in [6.45, 7) is 10.3. The third-order valence-electron chi connectivity index (χ3n) is 4.93. The van der Waals surface area contributed by atoms with Crippen molar-refractivity contribution in [2.45, 2.75) is 77.5 Å². The Morgan fingerprint density at radius 2 is 1.88 bits per heavy atom. The van der Waals surface area contributed by atoms with Gasteiger partial charge >= 0.3 is 0 Å². The van der Waals surface area contributed by atoms with E-state index in [1.165, 1.54) is 0 Å². The van der Waals surface area contributed by atoms with Crippen LogP contribution in [0.1, 0.15) is 57.7 Å². The van der Waals surface area contributed by atoms with Gasteiger partial charge in [-0.3, -0.25) is 0 Å². The normalized spacial score (nSPS) is 13.0. The maximum Gasteiger partial charge on any atom is 0.238 e. The number of halogens is 1. The first kappa shape index (κ1) is 30.2. The minimum absolute atomic E-state index is 0.235. The molecular weight excluding hydrogens is 522 g/mol. The summed E-state index contributed by atoms with van der Waals surface area (Å²) in [5.74, 6) is 0.916. The maximum absolute atomic E-state index is 12.2. The number of nitrogens with two attached hydrogens (primary N) is 1. The van der Waals surface area contributed by atoms with Crippen molar-refractivity contribution in [1.82, 2.24) is 9.97 Å². The molecule has 0 saturated carbocycles. The molecule has 1 heterocycles. The number of benzene rings is 1. The van der Waals surface area contributed by atoms with E-state index in [4.69, 9.17) is 9.88 Å². The zero-order chi connectivity index (χ0) is 25.9. The number of rotatable bonds is 12. The summed E-state index contributed by atoms with van der Waals surface area (Å²) in [5.41, 5.74) is 2.35. The van der Waals surface area contributed by atoms with E-state index in [0.29, 0.717) is 47.8 Å². The molecule has 2 rings (SSSR count). The number of anilines is 2. The third kappa shape index (κ3) is 8.77. The number of nitrogens with one attached hydrogen (secondary N) is 2. The number of aliphatic hydroxyl groups excluding tert-OH is 1. The molecule has 1 aromatic heterocycles. The molecule has 0 bridgehead atoms. The van der Waals surface area contributed by atoms with Crippen molar-refractivity contribution in [3.63, 3.8) is 0 Å². The van der Waals surface area contributed by atoms with Gasteiger partial charge in [0.05, 0.1) is 28.1 Å². The fraction of sp³-hybridized carbons (Fsp3) is 0.565. The molecule has 1 aromatic carbocycles. The number of sulfonamides is 1. The van der Waals surface area contributed by atoms with Gasteiger partial charge in [-0.05, 0) is 52.4 Å². The van der Waals surface area contributed by atoms with Gasteiger partial charge in [0, 0.05) is 19.9 Å². The van der Waals surface area contributed by atoms with Crippen molar-refractivity contribution in [2.24, 2.45) is 5.14 Å². The molecule has 0 saturated heterocycles. The second-order valence-corrected chi connectivity index (χ2v) is 9.93. The molecule has 0 spiro atoms. The van der Waals surface area contributed by atoms with Crippen molar-refractivity contribution < 1.29 is 18.3 Å². The molecule has 34 heavy (non-hydrogen) atoms. The van der Waals surface area contributed by atoms with Crippen LogP contribution < -0.4 is 15.8 Å². The number of nitrogens with zero attached hydrogens (tertiary/aromatic N) is 2. The van der Waals surface area contributed by atoms with E-state index in [1.54, 1.807) is 20.2 Å². The first-order valence-corrected chi connectivity index (χ1v) is 13.8. The van der Waals surface area contributed by atoms with Crippen molar-refractivity contribution in [3.05, 3.63) is 39.5 Å². The second-order valence-electron chi connectivity index (χ2n) is 7.58. The highest BCUT2D eigenvalue weighted by atomic mass is 79.9. The quantitative estimate of drug-likeness (QED) is 0.307. The van der Waals surface area contributed by atoms with Gasteiger partial charge in [0.2, 0.25) is 16.0 Å². The minimum Gasteiger partial charge on any atom is -0.391 e. The largest absolute Gasteiger partial charge is 0.391 e. The lowest BCUT2D eigenvalue weighted by Crippen LogP contribution is -2.36. The summed E-state index contributed by atoms with van der Waals surface area (Å²) in [6.07, 6.45) is 2.96. The summed E-state index contributed by atoms with van der Waals surface area (Å²) in [4.78, 5) is 9.01. The number of aliphatic hydroxyl groups is 1. The first-order valence-electron chi connectivity index (χ1n) is 11.5. The molecule has 0 unspecified atom stereocenters. The van der Waals surface area contributed by atoms with E-state index >= 15 is 0 Å². The van der Waals surface area contributed by atoms with Crippen LogP contribution in [0, 0.1) is 0 Å². The molecule has 9 nitrogen and oxygen atoms in total. The molecular formula is C23H38BrN5O4S.